The Morgan fingerprint density at radius 2 is 1.63 bits per heavy atom. The van der Waals surface area contributed by atoms with Crippen LogP contribution in [0.1, 0.15) is 17.0 Å². The summed E-state index contributed by atoms with van der Waals surface area (Å²) in [4.78, 5) is 4.97. The van der Waals surface area contributed by atoms with Crippen LogP contribution in [0.25, 0.3) is 22.2 Å². The van der Waals surface area contributed by atoms with Crippen molar-refractivity contribution < 1.29 is 8.42 Å². The van der Waals surface area contributed by atoms with Gasteiger partial charge in [0.25, 0.3) is 10.0 Å². The predicted molar refractivity (Wildman–Crippen MR) is 137 cm³/mol. The summed E-state index contributed by atoms with van der Waals surface area (Å²) < 4.78 is 30.2. The fraction of sp³-hybridized carbons (Fsp3) is 0.0714. The summed E-state index contributed by atoms with van der Waals surface area (Å²) >= 11 is 0. The zero-order chi connectivity index (χ0) is 24.4. The van der Waals surface area contributed by atoms with Gasteiger partial charge in [0, 0.05) is 12.2 Å². The molecule has 0 fully saturated rings. The normalized spacial score (nSPS) is 11.3. The van der Waals surface area contributed by atoms with Crippen LogP contribution < -0.4 is 4.72 Å². The van der Waals surface area contributed by atoms with Crippen LogP contribution in [0.3, 0.4) is 0 Å². The molecule has 0 aliphatic heterocycles. The van der Waals surface area contributed by atoms with Gasteiger partial charge in [0.15, 0.2) is 0 Å². The minimum Gasteiger partial charge on any atom is -0.324 e. The molecule has 6 nitrogen and oxygen atoms in total. The predicted octanol–water partition coefficient (Wildman–Crippen LogP) is 5.73. The molecule has 0 spiro atoms. The minimum absolute atomic E-state index is 0.222. The molecule has 1 N–H and O–H groups in total. The molecule has 0 saturated carbocycles. The lowest BCUT2D eigenvalue weighted by atomic mass is 10.0. The van der Waals surface area contributed by atoms with E-state index in [2.05, 4.69) is 15.4 Å². The van der Waals surface area contributed by atoms with Crippen LogP contribution in [0.5, 0.6) is 0 Å². The van der Waals surface area contributed by atoms with Crippen molar-refractivity contribution in [2.24, 2.45) is 0 Å². The molecule has 0 saturated heterocycles. The monoisotopic (exact) mass is 478 g/mol. The molecular weight excluding hydrogens is 456 g/mol. The quantitative estimate of drug-likeness (QED) is 0.337. The molecule has 1 heterocycles. The van der Waals surface area contributed by atoms with Crippen molar-refractivity contribution in [2.45, 2.75) is 18.4 Å². The molecule has 172 valence electrons. The molecule has 1 aromatic heterocycles. The Labute approximate surface area is 204 Å². The van der Waals surface area contributed by atoms with Crippen molar-refractivity contribution in [1.82, 2.24) is 9.55 Å². The third-order valence-corrected chi connectivity index (χ3v) is 7.26. The van der Waals surface area contributed by atoms with Gasteiger partial charge in [-0.2, -0.15) is 5.26 Å². The van der Waals surface area contributed by atoms with E-state index in [0.29, 0.717) is 17.8 Å². The van der Waals surface area contributed by atoms with Crippen molar-refractivity contribution in [3.63, 3.8) is 0 Å². The van der Waals surface area contributed by atoms with Gasteiger partial charge in [-0.1, -0.05) is 48.5 Å². The van der Waals surface area contributed by atoms with E-state index in [0.717, 1.165) is 33.5 Å². The molecule has 5 aromatic rings. The van der Waals surface area contributed by atoms with Gasteiger partial charge in [-0.25, -0.2) is 13.4 Å². The Hall–Kier alpha value is -4.41. The molecule has 0 aliphatic rings. The van der Waals surface area contributed by atoms with Crippen molar-refractivity contribution in [3.05, 3.63) is 114 Å². The highest BCUT2D eigenvalue weighted by atomic mass is 32.2. The fourth-order valence-corrected chi connectivity index (χ4v) is 5.17. The summed E-state index contributed by atoms with van der Waals surface area (Å²) in [7, 11) is -3.66. The third-order valence-electron chi connectivity index (χ3n) is 5.86. The smallest absolute Gasteiger partial charge is 0.261 e. The van der Waals surface area contributed by atoms with Gasteiger partial charge >= 0.3 is 0 Å². The second kappa shape index (κ2) is 9.09. The minimum atomic E-state index is -3.66. The number of nitrogens with one attached hydrogen (secondary N) is 1. The van der Waals surface area contributed by atoms with Crippen LogP contribution in [0.15, 0.2) is 102 Å². The highest BCUT2D eigenvalue weighted by molar-refractivity contribution is 7.92. The molecule has 0 atom stereocenters. The number of aryl methyl sites for hydroxylation is 1. The first-order valence-electron chi connectivity index (χ1n) is 11.1. The van der Waals surface area contributed by atoms with E-state index in [4.69, 9.17) is 10.2 Å². The first-order chi connectivity index (χ1) is 16.9. The largest absolute Gasteiger partial charge is 0.324 e. The molecule has 7 heteroatoms. The molecule has 35 heavy (non-hydrogen) atoms. The zero-order valence-corrected chi connectivity index (χ0v) is 19.8. The summed E-state index contributed by atoms with van der Waals surface area (Å²) in [5.41, 5.74) is 6.03. The van der Waals surface area contributed by atoms with E-state index in [1.165, 1.54) is 0 Å². The van der Waals surface area contributed by atoms with E-state index in [1.54, 1.807) is 36.4 Å². The van der Waals surface area contributed by atoms with Crippen molar-refractivity contribution in [3.8, 4) is 17.2 Å². The number of aromatic nitrogens is 2. The van der Waals surface area contributed by atoms with Crippen LogP contribution in [-0.2, 0) is 16.6 Å². The summed E-state index contributed by atoms with van der Waals surface area (Å²) in [5, 5.41) is 9.02. The van der Waals surface area contributed by atoms with Gasteiger partial charge in [-0.3, -0.25) is 4.72 Å². The van der Waals surface area contributed by atoms with Crippen molar-refractivity contribution in [1.29, 1.82) is 5.26 Å². The first kappa shape index (κ1) is 22.4. The number of rotatable bonds is 6. The third kappa shape index (κ3) is 4.65. The van der Waals surface area contributed by atoms with Crippen LogP contribution in [0.4, 0.5) is 5.69 Å². The molecule has 0 amide bonds. The maximum atomic E-state index is 12.7. The lowest BCUT2D eigenvalue weighted by Gasteiger charge is -2.11. The highest BCUT2D eigenvalue weighted by Gasteiger charge is 2.14. The van der Waals surface area contributed by atoms with Gasteiger partial charge < -0.3 is 4.57 Å². The van der Waals surface area contributed by atoms with Crippen LogP contribution in [0.2, 0.25) is 0 Å². The van der Waals surface area contributed by atoms with E-state index < -0.39 is 10.0 Å². The second-order valence-electron chi connectivity index (χ2n) is 8.26. The number of hydrogen-bond acceptors (Lipinski definition) is 4. The number of fused-ring (bicyclic) bond motifs is 1. The topological polar surface area (TPSA) is 87.8 Å². The maximum absolute atomic E-state index is 12.7. The van der Waals surface area contributed by atoms with E-state index >= 15 is 0 Å². The lowest BCUT2D eigenvalue weighted by Crippen LogP contribution is -2.13. The Kier molecular flexibility index (Phi) is 5.81. The van der Waals surface area contributed by atoms with Gasteiger partial charge in [-0.15, -0.1) is 0 Å². The van der Waals surface area contributed by atoms with Crippen LogP contribution >= 0.6 is 0 Å². The maximum Gasteiger partial charge on any atom is 0.261 e. The summed E-state index contributed by atoms with van der Waals surface area (Å²) in [6.07, 6.45) is 0. The molecule has 0 unspecified atom stereocenters. The van der Waals surface area contributed by atoms with E-state index in [-0.39, 0.29) is 4.90 Å². The molecule has 0 aliphatic carbocycles. The number of nitriles is 1. The van der Waals surface area contributed by atoms with Crippen molar-refractivity contribution in [2.75, 3.05) is 4.72 Å². The summed E-state index contributed by atoms with van der Waals surface area (Å²) in [6.45, 7) is 2.52. The second-order valence-corrected chi connectivity index (χ2v) is 9.94. The Bertz CT molecular complexity index is 1670. The average Bonchev–Trinajstić information content (AvgIpc) is 3.18. The Morgan fingerprint density at radius 3 is 2.37 bits per heavy atom. The van der Waals surface area contributed by atoms with Crippen molar-refractivity contribution >= 4 is 26.7 Å². The standard InChI is InChI=1S/C28H22N4O2S/c1-20-30-27-17-24(23-12-10-21(18-29)11-13-23)14-15-28(27)32(20)19-22-6-5-7-25(16-22)31-35(33,34)26-8-3-2-4-9-26/h2-17,31H,19H2,1H3. The number of hydrogen-bond donors (Lipinski definition) is 1. The van der Waals surface area contributed by atoms with Crippen LogP contribution in [0, 0.1) is 18.3 Å². The number of imidazole rings is 1. The number of benzene rings is 4. The van der Waals surface area contributed by atoms with Gasteiger partial charge in [0.05, 0.1) is 27.6 Å². The highest BCUT2D eigenvalue weighted by Crippen LogP contribution is 2.26. The van der Waals surface area contributed by atoms with Crippen LogP contribution in [-0.4, -0.2) is 18.0 Å². The van der Waals surface area contributed by atoms with E-state index in [1.807, 2.05) is 67.6 Å². The molecule has 4 aromatic carbocycles. The Balaban J connectivity index is 1.41. The van der Waals surface area contributed by atoms with Gasteiger partial charge in [0.1, 0.15) is 5.82 Å². The van der Waals surface area contributed by atoms with Gasteiger partial charge in [-0.05, 0) is 72.1 Å². The molecule has 0 radical (unpaired) electrons. The molecule has 0 bridgehead atoms. The zero-order valence-electron chi connectivity index (χ0n) is 19.0. The average molecular weight is 479 g/mol. The van der Waals surface area contributed by atoms with Gasteiger partial charge in [0.2, 0.25) is 0 Å². The summed E-state index contributed by atoms with van der Waals surface area (Å²) in [5.74, 6) is 0.868. The first-order valence-corrected chi connectivity index (χ1v) is 12.6. The molecule has 5 rings (SSSR count). The SMILES string of the molecule is Cc1nc2cc(-c3ccc(C#N)cc3)ccc2n1Cc1cccc(NS(=O)(=O)c2ccccc2)c1. The number of sulfonamides is 1. The number of anilines is 1. The van der Waals surface area contributed by atoms with E-state index in [9.17, 15) is 8.42 Å². The molecular formula is C28H22N4O2S. The number of nitrogens with zero attached hydrogens (tertiary/aromatic N) is 3. The fourth-order valence-electron chi connectivity index (χ4n) is 4.10. The Morgan fingerprint density at radius 1 is 0.886 bits per heavy atom. The lowest BCUT2D eigenvalue weighted by molar-refractivity contribution is 0.601. The summed E-state index contributed by atoms with van der Waals surface area (Å²) in [6, 6.07) is 31.5.